The molecule has 0 spiro atoms. The number of hydrogen-bond donors (Lipinski definition) is 2. The second-order valence-electron chi connectivity index (χ2n) is 4.88. The molecule has 0 aliphatic rings. The second-order valence-corrected chi connectivity index (χ2v) is 4.88. The fourth-order valence-electron chi connectivity index (χ4n) is 2.27. The predicted octanol–water partition coefficient (Wildman–Crippen LogP) is 3.67. The van der Waals surface area contributed by atoms with Crippen LogP contribution in [0.1, 0.15) is 28.4 Å². The number of carbonyl (C=O) groups excluding carboxylic acids is 1. The first-order valence-corrected chi connectivity index (χ1v) is 6.90. The molecule has 0 aromatic heterocycles. The summed E-state index contributed by atoms with van der Waals surface area (Å²) >= 11 is 0. The number of carbonyl (C=O) groups is 1. The van der Waals surface area contributed by atoms with Gasteiger partial charge in [-0.25, -0.2) is 4.79 Å². The van der Waals surface area contributed by atoms with Gasteiger partial charge in [0.05, 0.1) is 12.7 Å². The molecule has 2 aromatic rings. The van der Waals surface area contributed by atoms with Gasteiger partial charge in [-0.1, -0.05) is 25.1 Å². The average molecular weight is 284 g/mol. The average Bonchev–Trinajstić information content (AvgIpc) is 2.50. The van der Waals surface area contributed by atoms with E-state index in [-0.39, 0.29) is 0 Å². The maximum Gasteiger partial charge on any atom is 0.340 e. The largest absolute Gasteiger partial charge is 0.465 e. The highest BCUT2D eigenvalue weighted by atomic mass is 16.5. The summed E-state index contributed by atoms with van der Waals surface area (Å²) in [4.78, 5) is 11.7. The molecule has 0 saturated heterocycles. The Kier molecular flexibility index (Phi) is 4.48. The zero-order chi connectivity index (χ0) is 15.4. The van der Waals surface area contributed by atoms with Crippen LogP contribution in [0, 0.1) is 6.92 Å². The maximum absolute atomic E-state index is 11.7. The number of hydrogen-bond acceptors (Lipinski definition) is 4. The lowest BCUT2D eigenvalue weighted by Crippen LogP contribution is -2.06. The topological polar surface area (TPSA) is 64.3 Å². The molecule has 0 radical (unpaired) electrons. The SMILES string of the molecule is CCc1cccc(C)c1Nc1ccc(N)c(C(=O)OC)c1. The van der Waals surface area contributed by atoms with Crippen LogP contribution < -0.4 is 11.1 Å². The zero-order valence-electron chi connectivity index (χ0n) is 12.6. The Hall–Kier alpha value is -2.49. The van der Waals surface area contributed by atoms with Crippen LogP contribution in [0.15, 0.2) is 36.4 Å². The van der Waals surface area contributed by atoms with Crippen LogP contribution in [0.25, 0.3) is 0 Å². The molecule has 0 heterocycles. The van der Waals surface area contributed by atoms with Gasteiger partial charge in [0.25, 0.3) is 0 Å². The minimum absolute atomic E-state index is 0.370. The molecule has 2 rings (SSSR count). The highest BCUT2D eigenvalue weighted by Crippen LogP contribution is 2.27. The van der Waals surface area contributed by atoms with E-state index in [1.807, 2.05) is 12.1 Å². The monoisotopic (exact) mass is 284 g/mol. The van der Waals surface area contributed by atoms with Crippen LogP contribution in [0.4, 0.5) is 17.1 Å². The van der Waals surface area contributed by atoms with Crippen molar-refractivity contribution in [3.8, 4) is 0 Å². The molecule has 0 amide bonds. The van der Waals surface area contributed by atoms with E-state index in [4.69, 9.17) is 10.5 Å². The minimum Gasteiger partial charge on any atom is -0.465 e. The van der Waals surface area contributed by atoms with Gasteiger partial charge >= 0.3 is 5.97 Å². The summed E-state index contributed by atoms with van der Waals surface area (Å²) in [5.41, 5.74) is 10.9. The van der Waals surface area contributed by atoms with Crippen LogP contribution in [-0.4, -0.2) is 13.1 Å². The number of methoxy groups -OCH3 is 1. The molecule has 0 unspecified atom stereocenters. The Morgan fingerprint density at radius 2 is 2.05 bits per heavy atom. The summed E-state index contributed by atoms with van der Waals surface area (Å²) in [7, 11) is 1.35. The number of benzene rings is 2. The fraction of sp³-hybridized carbons (Fsp3) is 0.235. The molecule has 2 aromatic carbocycles. The highest BCUT2D eigenvalue weighted by molar-refractivity contribution is 5.96. The van der Waals surface area contributed by atoms with Gasteiger partial charge in [0.2, 0.25) is 0 Å². The summed E-state index contributed by atoms with van der Waals surface area (Å²) in [6, 6.07) is 11.5. The van der Waals surface area contributed by atoms with Crippen molar-refractivity contribution in [2.75, 3.05) is 18.2 Å². The standard InChI is InChI=1S/C17H20N2O2/c1-4-12-7-5-6-11(2)16(12)19-13-8-9-15(18)14(10-13)17(20)21-3/h5-10,19H,4,18H2,1-3H3. The lowest BCUT2D eigenvalue weighted by atomic mass is 10.0. The van der Waals surface area contributed by atoms with Crippen molar-refractivity contribution in [2.45, 2.75) is 20.3 Å². The lowest BCUT2D eigenvalue weighted by Gasteiger charge is -2.15. The highest BCUT2D eigenvalue weighted by Gasteiger charge is 2.12. The molecule has 3 N–H and O–H groups in total. The van der Waals surface area contributed by atoms with Crippen molar-refractivity contribution in [3.63, 3.8) is 0 Å². The van der Waals surface area contributed by atoms with Gasteiger partial charge < -0.3 is 15.8 Å². The van der Waals surface area contributed by atoms with E-state index in [0.717, 1.165) is 23.4 Å². The molecule has 0 fully saturated rings. The van der Waals surface area contributed by atoms with E-state index < -0.39 is 5.97 Å². The van der Waals surface area contributed by atoms with Crippen molar-refractivity contribution in [3.05, 3.63) is 53.1 Å². The predicted molar refractivity (Wildman–Crippen MR) is 86.0 cm³/mol. The van der Waals surface area contributed by atoms with E-state index in [0.29, 0.717) is 11.3 Å². The molecule has 0 bridgehead atoms. The zero-order valence-corrected chi connectivity index (χ0v) is 12.6. The van der Waals surface area contributed by atoms with E-state index in [1.165, 1.54) is 12.7 Å². The van der Waals surface area contributed by atoms with Crippen molar-refractivity contribution in [2.24, 2.45) is 0 Å². The van der Waals surface area contributed by atoms with Crippen molar-refractivity contribution < 1.29 is 9.53 Å². The molecule has 110 valence electrons. The van der Waals surface area contributed by atoms with Crippen LogP contribution in [0.3, 0.4) is 0 Å². The maximum atomic E-state index is 11.7. The first kappa shape index (κ1) is 14.9. The number of ether oxygens (including phenoxy) is 1. The third kappa shape index (κ3) is 3.16. The smallest absolute Gasteiger partial charge is 0.340 e. The Bertz CT molecular complexity index is 666. The summed E-state index contributed by atoms with van der Waals surface area (Å²) in [6.07, 6.45) is 0.933. The molecule has 0 aliphatic heterocycles. The third-order valence-electron chi connectivity index (χ3n) is 3.47. The van der Waals surface area contributed by atoms with Crippen LogP contribution in [0.2, 0.25) is 0 Å². The van der Waals surface area contributed by atoms with E-state index >= 15 is 0 Å². The first-order valence-electron chi connectivity index (χ1n) is 6.90. The summed E-state index contributed by atoms with van der Waals surface area (Å²) in [6.45, 7) is 4.17. The molecule has 21 heavy (non-hydrogen) atoms. The van der Waals surface area contributed by atoms with E-state index in [9.17, 15) is 4.79 Å². The number of esters is 1. The minimum atomic E-state index is -0.434. The van der Waals surface area contributed by atoms with Crippen LogP contribution >= 0.6 is 0 Å². The van der Waals surface area contributed by atoms with Gasteiger partial charge in [-0.2, -0.15) is 0 Å². The van der Waals surface area contributed by atoms with E-state index in [1.54, 1.807) is 12.1 Å². The van der Waals surface area contributed by atoms with Gasteiger partial charge in [-0.15, -0.1) is 0 Å². The molecule has 4 nitrogen and oxygen atoms in total. The fourth-order valence-corrected chi connectivity index (χ4v) is 2.27. The van der Waals surface area contributed by atoms with Crippen molar-refractivity contribution in [1.82, 2.24) is 0 Å². The molecule has 0 atom stereocenters. The molecule has 4 heteroatoms. The Labute approximate surface area is 124 Å². The summed E-state index contributed by atoms with van der Waals surface area (Å²) in [5, 5.41) is 3.37. The van der Waals surface area contributed by atoms with Gasteiger partial charge in [0.15, 0.2) is 0 Å². The molecule has 0 aliphatic carbocycles. The number of para-hydroxylation sites is 1. The van der Waals surface area contributed by atoms with Crippen molar-refractivity contribution >= 4 is 23.0 Å². The number of nitrogens with two attached hydrogens (primary N) is 1. The molecular weight excluding hydrogens is 264 g/mol. The van der Waals surface area contributed by atoms with Crippen LogP contribution in [-0.2, 0) is 11.2 Å². The van der Waals surface area contributed by atoms with E-state index in [2.05, 4.69) is 31.3 Å². The summed E-state index contributed by atoms with van der Waals surface area (Å²) < 4.78 is 4.74. The number of nitrogens with one attached hydrogen (secondary N) is 1. The Morgan fingerprint density at radius 3 is 2.71 bits per heavy atom. The Balaban J connectivity index is 2.39. The second kappa shape index (κ2) is 6.31. The number of rotatable bonds is 4. The number of aryl methyl sites for hydroxylation is 2. The van der Waals surface area contributed by atoms with Crippen LogP contribution in [0.5, 0.6) is 0 Å². The number of nitrogen functional groups attached to an aromatic ring is 1. The quantitative estimate of drug-likeness (QED) is 0.664. The third-order valence-corrected chi connectivity index (χ3v) is 3.47. The number of anilines is 3. The summed E-state index contributed by atoms with van der Waals surface area (Å²) in [5.74, 6) is -0.434. The van der Waals surface area contributed by atoms with Crippen molar-refractivity contribution in [1.29, 1.82) is 0 Å². The first-order chi connectivity index (χ1) is 10.1. The Morgan fingerprint density at radius 1 is 1.29 bits per heavy atom. The van der Waals surface area contributed by atoms with Gasteiger partial charge in [0, 0.05) is 17.1 Å². The lowest BCUT2D eigenvalue weighted by molar-refractivity contribution is 0.0602. The molecule has 0 saturated carbocycles. The van der Waals surface area contributed by atoms with Gasteiger partial charge in [-0.3, -0.25) is 0 Å². The molecular formula is C17H20N2O2. The normalized spacial score (nSPS) is 10.2. The van der Waals surface area contributed by atoms with Gasteiger partial charge in [-0.05, 0) is 42.7 Å². The van der Waals surface area contributed by atoms with Gasteiger partial charge in [0.1, 0.15) is 0 Å².